The third-order valence-electron chi connectivity index (χ3n) is 1.91. The van der Waals surface area contributed by atoms with Crippen LogP contribution in [-0.2, 0) is 4.79 Å². The van der Waals surface area contributed by atoms with Gasteiger partial charge in [-0.2, -0.15) is 11.8 Å². The number of aliphatic hydroxyl groups is 2. The number of hydrogen-bond acceptors (Lipinski definition) is 6. The third kappa shape index (κ3) is 4.39. The van der Waals surface area contributed by atoms with E-state index < -0.39 is 30.6 Å². The largest absolute Gasteiger partial charge is 0.395 e. The van der Waals surface area contributed by atoms with E-state index in [0.29, 0.717) is 6.42 Å². The summed E-state index contributed by atoms with van der Waals surface area (Å²) in [4.78, 5) is 11.4. The average molecular weight is 222 g/mol. The van der Waals surface area contributed by atoms with Gasteiger partial charge in [-0.3, -0.25) is 4.79 Å². The van der Waals surface area contributed by atoms with Crippen LogP contribution in [0.25, 0.3) is 0 Å². The van der Waals surface area contributed by atoms with Crippen LogP contribution in [0.3, 0.4) is 0 Å². The molecule has 0 aliphatic rings. The Morgan fingerprint density at radius 1 is 1.50 bits per heavy atom. The Kier molecular flexibility index (Phi) is 7.12. The number of ketones is 1. The minimum atomic E-state index is -1.36. The van der Waals surface area contributed by atoms with Gasteiger partial charge in [-0.25, -0.2) is 0 Å². The molecule has 6 heteroatoms. The molecule has 0 aliphatic carbocycles. The van der Waals surface area contributed by atoms with Gasteiger partial charge < -0.3 is 21.7 Å². The summed E-state index contributed by atoms with van der Waals surface area (Å²) >= 11 is 1.58. The molecule has 0 saturated carbocycles. The molecule has 84 valence electrons. The van der Waals surface area contributed by atoms with Gasteiger partial charge in [0, 0.05) is 0 Å². The van der Waals surface area contributed by atoms with Gasteiger partial charge in [0.2, 0.25) is 0 Å². The Balaban J connectivity index is 4.03. The van der Waals surface area contributed by atoms with Crippen LogP contribution in [0, 0.1) is 0 Å². The maximum atomic E-state index is 11.4. The first-order valence-corrected chi connectivity index (χ1v) is 5.76. The number of rotatable bonds is 7. The van der Waals surface area contributed by atoms with Crippen LogP contribution in [0.2, 0.25) is 0 Å². The van der Waals surface area contributed by atoms with Gasteiger partial charge >= 0.3 is 0 Å². The molecule has 0 aromatic heterocycles. The van der Waals surface area contributed by atoms with Crippen molar-refractivity contribution in [3.63, 3.8) is 0 Å². The van der Waals surface area contributed by atoms with Gasteiger partial charge in [-0.15, -0.1) is 0 Å². The molecule has 0 saturated heterocycles. The number of aliphatic hydroxyl groups excluding tert-OH is 2. The van der Waals surface area contributed by atoms with E-state index in [0.717, 1.165) is 5.75 Å². The molecular weight excluding hydrogens is 204 g/mol. The van der Waals surface area contributed by atoms with Crippen molar-refractivity contribution in [1.82, 2.24) is 0 Å². The van der Waals surface area contributed by atoms with Crippen LogP contribution in [0.1, 0.15) is 6.42 Å². The molecule has 0 heterocycles. The molecular formula is C8H18N2O3S. The van der Waals surface area contributed by atoms with Crippen LogP contribution < -0.4 is 11.5 Å². The van der Waals surface area contributed by atoms with Gasteiger partial charge in [0.25, 0.3) is 0 Å². The van der Waals surface area contributed by atoms with E-state index >= 15 is 0 Å². The van der Waals surface area contributed by atoms with Crippen LogP contribution in [-0.4, -0.2) is 52.8 Å². The normalized spacial score (nSPS) is 17.5. The molecule has 5 nitrogen and oxygen atoms in total. The molecule has 3 atom stereocenters. The Hall–Kier alpha value is -0.140. The maximum Gasteiger partial charge on any atom is 0.179 e. The summed E-state index contributed by atoms with van der Waals surface area (Å²) in [6, 6.07) is -1.64. The maximum absolute atomic E-state index is 11.4. The van der Waals surface area contributed by atoms with Crippen LogP contribution in [0.4, 0.5) is 0 Å². The summed E-state index contributed by atoms with van der Waals surface area (Å²) < 4.78 is 0. The number of thioether (sulfide) groups is 1. The van der Waals surface area contributed by atoms with Crippen molar-refractivity contribution in [2.75, 3.05) is 18.6 Å². The number of Topliss-reactive ketones (excluding diaryl/α,β-unsaturated/α-hetero) is 1. The van der Waals surface area contributed by atoms with Crippen LogP contribution in [0.15, 0.2) is 0 Å². The van der Waals surface area contributed by atoms with Gasteiger partial charge in [0.05, 0.1) is 18.7 Å². The molecule has 0 radical (unpaired) electrons. The van der Waals surface area contributed by atoms with Crippen molar-refractivity contribution in [3.8, 4) is 0 Å². The zero-order chi connectivity index (χ0) is 11.1. The topological polar surface area (TPSA) is 110 Å². The number of nitrogens with two attached hydrogens (primary N) is 2. The van der Waals surface area contributed by atoms with E-state index in [1.165, 1.54) is 0 Å². The van der Waals surface area contributed by atoms with Crippen molar-refractivity contribution in [2.45, 2.75) is 24.6 Å². The smallest absolute Gasteiger partial charge is 0.179 e. The van der Waals surface area contributed by atoms with Gasteiger partial charge in [-0.05, 0) is 18.4 Å². The first kappa shape index (κ1) is 13.9. The van der Waals surface area contributed by atoms with Crippen LogP contribution in [0.5, 0.6) is 0 Å². The zero-order valence-corrected chi connectivity index (χ0v) is 9.04. The Bertz CT molecular complexity index is 180. The lowest BCUT2D eigenvalue weighted by atomic mass is 10.0. The van der Waals surface area contributed by atoms with Gasteiger partial charge in [-0.1, -0.05) is 0 Å². The average Bonchev–Trinajstić information content (AvgIpc) is 2.22. The van der Waals surface area contributed by atoms with Gasteiger partial charge in [0.1, 0.15) is 6.10 Å². The second-order valence-corrected chi connectivity index (χ2v) is 4.07. The molecule has 0 aromatic rings. The van der Waals surface area contributed by atoms with Crippen molar-refractivity contribution < 1.29 is 15.0 Å². The lowest BCUT2D eigenvalue weighted by Gasteiger charge is -2.18. The minimum absolute atomic E-state index is 0.428. The predicted octanol–water partition coefficient (Wildman–Crippen LogP) is -1.68. The SMILES string of the molecule is CSCCC(N)C(=O)C(O)C(N)CO. The summed E-state index contributed by atoms with van der Waals surface area (Å²) in [5.41, 5.74) is 10.8. The highest BCUT2D eigenvalue weighted by Crippen LogP contribution is 2.03. The van der Waals surface area contributed by atoms with Gasteiger partial charge in [0.15, 0.2) is 5.78 Å². The first-order chi connectivity index (χ1) is 6.54. The minimum Gasteiger partial charge on any atom is -0.395 e. The second kappa shape index (κ2) is 7.19. The van der Waals surface area contributed by atoms with Crippen molar-refractivity contribution in [3.05, 3.63) is 0 Å². The molecule has 3 unspecified atom stereocenters. The molecule has 0 bridgehead atoms. The Labute approximate surface area is 87.8 Å². The first-order valence-electron chi connectivity index (χ1n) is 4.37. The van der Waals surface area contributed by atoms with E-state index in [2.05, 4.69) is 0 Å². The van der Waals surface area contributed by atoms with E-state index in [9.17, 15) is 9.90 Å². The molecule has 0 spiro atoms. The Morgan fingerprint density at radius 2 is 2.07 bits per heavy atom. The van der Waals surface area contributed by atoms with E-state index in [1.54, 1.807) is 11.8 Å². The monoisotopic (exact) mass is 222 g/mol. The fourth-order valence-electron chi connectivity index (χ4n) is 0.917. The summed E-state index contributed by atoms with van der Waals surface area (Å²) in [6.45, 7) is -0.428. The summed E-state index contributed by atoms with van der Waals surface area (Å²) in [5, 5.41) is 18.0. The number of hydrogen-bond donors (Lipinski definition) is 4. The molecule has 0 rings (SSSR count). The molecule has 0 aliphatic heterocycles. The summed E-state index contributed by atoms with van der Waals surface area (Å²) in [7, 11) is 0. The van der Waals surface area contributed by atoms with Crippen molar-refractivity contribution in [1.29, 1.82) is 0 Å². The standard InChI is InChI=1S/C8H18N2O3S/c1-14-3-2-5(9)7(12)8(13)6(10)4-11/h5-6,8,11,13H,2-4,9-10H2,1H3. The van der Waals surface area contributed by atoms with Crippen molar-refractivity contribution in [2.24, 2.45) is 11.5 Å². The highest BCUT2D eigenvalue weighted by molar-refractivity contribution is 7.98. The fraction of sp³-hybridized carbons (Fsp3) is 0.875. The Morgan fingerprint density at radius 3 is 2.50 bits per heavy atom. The van der Waals surface area contributed by atoms with Crippen LogP contribution >= 0.6 is 11.8 Å². The second-order valence-electron chi connectivity index (χ2n) is 3.08. The third-order valence-corrected chi connectivity index (χ3v) is 2.55. The van der Waals surface area contributed by atoms with E-state index in [-0.39, 0.29) is 0 Å². The van der Waals surface area contributed by atoms with Crippen molar-refractivity contribution >= 4 is 17.5 Å². The molecule has 0 fully saturated rings. The molecule has 14 heavy (non-hydrogen) atoms. The highest BCUT2D eigenvalue weighted by Gasteiger charge is 2.26. The summed E-state index contributed by atoms with van der Waals surface area (Å²) in [6.07, 6.45) is 1.05. The molecule has 0 amide bonds. The number of carbonyl (C=O) groups excluding carboxylic acids is 1. The molecule has 0 aromatic carbocycles. The predicted molar refractivity (Wildman–Crippen MR) is 57.0 cm³/mol. The quantitative estimate of drug-likeness (QED) is 0.409. The summed E-state index contributed by atoms with van der Waals surface area (Å²) in [5.74, 6) is 0.258. The lowest BCUT2D eigenvalue weighted by molar-refractivity contribution is -0.130. The number of carbonyl (C=O) groups is 1. The molecule has 6 N–H and O–H groups in total. The van der Waals surface area contributed by atoms with E-state index in [1.807, 2.05) is 6.26 Å². The lowest BCUT2D eigenvalue weighted by Crippen LogP contribution is -2.49. The highest BCUT2D eigenvalue weighted by atomic mass is 32.2. The fourth-order valence-corrected chi connectivity index (χ4v) is 1.41. The zero-order valence-electron chi connectivity index (χ0n) is 8.22. The van der Waals surface area contributed by atoms with E-state index in [4.69, 9.17) is 16.6 Å².